The third-order valence-corrected chi connectivity index (χ3v) is 4.56. The number of rotatable bonds is 2. The Morgan fingerprint density at radius 2 is 1.11 bits per heavy atom. The van der Waals surface area contributed by atoms with E-state index >= 15 is 0 Å². The lowest BCUT2D eigenvalue weighted by Gasteiger charge is -2.09. The zero-order valence-electron chi connectivity index (χ0n) is 14.7. The molecule has 0 fully saturated rings. The second kappa shape index (κ2) is 4.93. The van der Waals surface area contributed by atoms with Crippen LogP contribution < -0.4 is 0 Å². The van der Waals surface area contributed by atoms with Crippen molar-refractivity contribution in [3.8, 4) is 0 Å². The predicted molar refractivity (Wildman–Crippen MR) is 87.2 cm³/mol. The monoisotopic (exact) mass is 378 g/mol. The lowest BCUT2D eigenvalue weighted by atomic mass is 10.1. The standard InChI is InChI=1S/C12H10N16/c1-4(7-13-15-9-5(2)19-27-11(25(7)9)17-21-23-27)8-14-16-10-6(3)20-28-12(26(8)10)18-22-24-28/h4H,1-3H3. The average molecular weight is 378 g/mol. The van der Waals surface area contributed by atoms with Gasteiger partial charge in [-0.1, -0.05) is 19.5 Å². The maximum atomic E-state index is 4.35. The van der Waals surface area contributed by atoms with E-state index in [0.29, 0.717) is 45.9 Å². The summed E-state index contributed by atoms with van der Waals surface area (Å²) in [4.78, 5) is 0. The van der Waals surface area contributed by atoms with Crippen molar-refractivity contribution in [3.05, 3.63) is 23.0 Å². The van der Waals surface area contributed by atoms with E-state index < -0.39 is 0 Å². The summed E-state index contributed by atoms with van der Waals surface area (Å²) in [6, 6.07) is 0. The first kappa shape index (κ1) is 14.9. The molecule has 6 aromatic rings. The van der Waals surface area contributed by atoms with Crippen LogP contribution in [0.3, 0.4) is 0 Å². The fraction of sp³-hybridized carbons (Fsp3) is 0.333. The van der Waals surface area contributed by atoms with E-state index in [2.05, 4.69) is 61.6 Å². The smallest absolute Gasteiger partial charge is 0.242 e. The lowest BCUT2D eigenvalue weighted by Crippen LogP contribution is -2.12. The van der Waals surface area contributed by atoms with Gasteiger partial charge >= 0.3 is 0 Å². The fourth-order valence-electron chi connectivity index (χ4n) is 3.26. The van der Waals surface area contributed by atoms with Crippen LogP contribution in [0.4, 0.5) is 0 Å². The van der Waals surface area contributed by atoms with Gasteiger partial charge in [-0.3, -0.25) is 0 Å². The van der Waals surface area contributed by atoms with Gasteiger partial charge in [0, 0.05) is 0 Å². The third-order valence-electron chi connectivity index (χ3n) is 4.56. The summed E-state index contributed by atoms with van der Waals surface area (Å²) in [6.07, 6.45) is 0. The molecule has 138 valence electrons. The third kappa shape index (κ3) is 1.72. The van der Waals surface area contributed by atoms with Gasteiger partial charge in [-0.05, 0) is 41.6 Å². The van der Waals surface area contributed by atoms with E-state index in [1.807, 2.05) is 20.8 Å². The molecule has 28 heavy (non-hydrogen) atoms. The molecule has 0 aliphatic rings. The molecular formula is C12H10N16. The van der Waals surface area contributed by atoms with Gasteiger partial charge in [0.2, 0.25) is 0 Å². The molecule has 0 radical (unpaired) electrons. The summed E-state index contributed by atoms with van der Waals surface area (Å²) in [7, 11) is 0. The number of aromatic nitrogens is 16. The van der Waals surface area contributed by atoms with Crippen LogP contribution in [0.5, 0.6) is 0 Å². The van der Waals surface area contributed by atoms with Gasteiger partial charge < -0.3 is 0 Å². The number of nitrogens with zero attached hydrogens (tertiary/aromatic N) is 16. The quantitative estimate of drug-likeness (QED) is 0.331. The van der Waals surface area contributed by atoms with E-state index in [4.69, 9.17) is 0 Å². The highest BCUT2D eigenvalue weighted by Crippen LogP contribution is 2.25. The largest absolute Gasteiger partial charge is 0.279 e. The van der Waals surface area contributed by atoms with Crippen LogP contribution in [0, 0.1) is 13.8 Å². The van der Waals surface area contributed by atoms with Crippen molar-refractivity contribution in [1.29, 1.82) is 0 Å². The molecule has 16 nitrogen and oxygen atoms in total. The van der Waals surface area contributed by atoms with E-state index in [1.54, 1.807) is 8.80 Å². The normalized spacial score (nSPS) is 12.4. The summed E-state index contributed by atoms with van der Waals surface area (Å²) in [5.74, 6) is 1.61. The van der Waals surface area contributed by atoms with E-state index in [9.17, 15) is 0 Å². The maximum Gasteiger partial charge on any atom is 0.279 e. The predicted octanol–water partition coefficient (Wildman–Crippen LogP) is -1.79. The minimum absolute atomic E-state index is 0.338. The molecule has 0 bridgehead atoms. The Morgan fingerprint density at radius 1 is 0.643 bits per heavy atom. The van der Waals surface area contributed by atoms with Gasteiger partial charge in [0.1, 0.15) is 11.4 Å². The fourth-order valence-corrected chi connectivity index (χ4v) is 3.26. The molecule has 0 saturated heterocycles. The van der Waals surface area contributed by atoms with Crippen LogP contribution in [0.1, 0.15) is 35.9 Å². The maximum absolute atomic E-state index is 4.35. The Hall–Kier alpha value is -4.24. The van der Waals surface area contributed by atoms with Gasteiger partial charge in [-0.15, -0.1) is 30.6 Å². The van der Waals surface area contributed by atoms with Crippen LogP contribution in [-0.4, -0.2) is 79.7 Å². The molecule has 0 unspecified atom stereocenters. The first-order valence-corrected chi connectivity index (χ1v) is 8.23. The average Bonchev–Trinajstić information content (AvgIpc) is 3.44. The zero-order chi connectivity index (χ0) is 19.0. The topological polar surface area (TPSA) is 172 Å². The van der Waals surface area contributed by atoms with Crippen LogP contribution >= 0.6 is 0 Å². The Balaban J connectivity index is 1.67. The summed E-state index contributed by atoms with van der Waals surface area (Å²) in [5, 5.41) is 48.9. The van der Waals surface area contributed by atoms with E-state index in [0.717, 1.165) is 0 Å². The molecule has 16 heteroatoms. The second-order valence-corrected chi connectivity index (χ2v) is 6.26. The van der Waals surface area contributed by atoms with Crippen LogP contribution in [0.2, 0.25) is 0 Å². The SMILES string of the molecule is Cc1nn2nnnc2n2c(C(C)c3nnc4c(C)nn5nnnc5n34)nnc12. The zero-order valence-corrected chi connectivity index (χ0v) is 14.7. The molecule has 0 N–H and O–H groups in total. The van der Waals surface area contributed by atoms with Gasteiger partial charge in [-0.2, -0.15) is 0 Å². The van der Waals surface area contributed by atoms with Crippen molar-refractivity contribution in [1.82, 2.24) is 79.7 Å². The molecule has 0 aliphatic carbocycles. The molecule has 6 aromatic heterocycles. The van der Waals surface area contributed by atoms with Gasteiger partial charge in [-0.25, -0.2) is 8.80 Å². The Morgan fingerprint density at radius 3 is 1.57 bits per heavy atom. The molecule has 0 saturated carbocycles. The summed E-state index contributed by atoms with van der Waals surface area (Å²) < 4.78 is 6.17. The highest BCUT2D eigenvalue weighted by molar-refractivity contribution is 5.52. The van der Waals surface area contributed by atoms with Crippen molar-refractivity contribution in [3.63, 3.8) is 0 Å². The molecule has 0 spiro atoms. The molecule has 6 heterocycles. The Labute approximate surface area is 153 Å². The first-order chi connectivity index (χ1) is 13.6. The van der Waals surface area contributed by atoms with Gasteiger partial charge in [0.05, 0.1) is 5.92 Å². The molecule has 0 aliphatic heterocycles. The van der Waals surface area contributed by atoms with Gasteiger partial charge in [0.25, 0.3) is 11.6 Å². The molecular weight excluding hydrogens is 368 g/mol. The summed E-state index contributed by atoms with van der Waals surface area (Å²) in [6.45, 7) is 5.55. The number of aryl methyl sites for hydroxylation is 2. The van der Waals surface area contributed by atoms with Crippen molar-refractivity contribution in [2.24, 2.45) is 0 Å². The van der Waals surface area contributed by atoms with Crippen molar-refractivity contribution in [2.45, 2.75) is 26.7 Å². The van der Waals surface area contributed by atoms with Crippen molar-refractivity contribution in [2.75, 3.05) is 0 Å². The number of hydrogen-bond donors (Lipinski definition) is 0. The van der Waals surface area contributed by atoms with E-state index in [-0.39, 0.29) is 5.92 Å². The molecule has 6 rings (SSSR count). The van der Waals surface area contributed by atoms with Crippen LogP contribution in [0.25, 0.3) is 22.8 Å². The second-order valence-electron chi connectivity index (χ2n) is 6.26. The van der Waals surface area contributed by atoms with E-state index in [1.165, 1.54) is 9.26 Å². The first-order valence-electron chi connectivity index (χ1n) is 8.23. The van der Waals surface area contributed by atoms with Crippen molar-refractivity contribution < 1.29 is 0 Å². The highest BCUT2D eigenvalue weighted by Gasteiger charge is 2.26. The highest BCUT2D eigenvalue weighted by atomic mass is 15.6. The minimum Gasteiger partial charge on any atom is -0.242 e. The summed E-state index contributed by atoms with van der Waals surface area (Å²) >= 11 is 0. The Bertz CT molecular complexity index is 1400. The molecule has 0 amide bonds. The molecule has 0 aromatic carbocycles. The van der Waals surface area contributed by atoms with Crippen LogP contribution in [-0.2, 0) is 0 Å². The lowest BCUT2D eigenvalue weighted by molar-refractivity contribution is 0.689. The number of fused-ring (bicyclic) bond motifs is 6. The summed E-state index contributed by atoms with van der Waals surface area (Å²) in [5.41, 5.74) is 2.40. The number of tetrazole rings is 2. The minimum atomic E-state index is -0.338. The van der Waals surface area contributed by atoms with Crippen molar-refractivity contribution >= 4 is 22.8 Å². The van der Waals surface area contributed by atoms with Gasteiger partial charge in [0.15, 0.2) is 22.9 Å². The van der Waals surface area contributed by atoms with Crippen LogP contribution in [0.15, 0.2) is 0 Å². The number of hydrogen-bond acceptors (Lipinski definition) is 12. The molecule has 0 atom stereocenters. The Kier molecular flexibility index (Phi) is 2.62.